The first-order valence-corrected chi connectivity index (χ1v) is 6.33. The van der Waals surface area contributed by atoms with Crippen molar-refractivity contribution in [2.45, 2.75) is 39.2 Å². The summed E-state index contributed by atoms with van der Waals surface area (Å²) in [4.78, 5) is 16.2. The Morgan fingerprint density at radius 2 is 2.11 bits per heavy atom. The number of nitrogens with two attached hydrogens (primary N) is 1. The first-order valence-electron chi connectivity index (χ1n) is 6.33. The first kappa shape index (κ1) is 14.6. The third kappa shape index (κ3) is 4.45. The van der Waals surface area contributed by atoms with E-state index in [-0.39, 0.29) is 17.7 Å². The molecule has 1 aromatic rings. The highest BCUT2D eigenvalue weighted by molar-refractivity contribution is 5.97. The average Bonchev–Trinajstić information content (AvgIpc) is 2.37. The van der Waals surface area contributed by atoms with Gasteiger partial charge in [-0.1, -0.05) is 13.3 Å². The van der Waals surface area contributed by atoms with Gasteiger partial charge < -0.3 is 10.5 Å². The highest BCUT2D eigenvalue weighted by Gasteiger charge is 2.16. The first-order chi connectivity index (χ1) is 8.54. The molecule has 0 amide bonds. The summed E-state index contributed by atoms with van der Waals surface area (Å²) in [6.07, 6.45) is 5.97. The molecule has 0 saturated carbocycles. The van der Waals surface area contributed by atoms with E-state index < -0.39 is 0 Å². The van der Waals surface area contributed by atoms with Gasteiger partial charge in [0.15, 0.2) is 5.78 Å². The average molecular weight is 250 g/mol. The Morgan fingerprint density at radius 3 is 2.72 bits per heavy atom. The number of nitrogens with zero attached hydrogens (tertiary/aromatic N) is 1. The molecule has 100 valence electrons. The van der Waals surface area contributed by atoms with Gasteiger partial charge in [-0.25, -0.2) is 0 Å². The van der Waals surface area contributed by atoms with Crippen LogP contribution in [-0.4, -0.2) is 23.9 Å². The van der Waals surface area contributed by atoms with E-state index in [0.717, 1.165) is 19.3 Å². The van der Waals surface area contributed by atoms with Crippen molar-refractivity contribution in [2.75, 3.05) is 7.11 Å². The number of carbonyl (C=O) groups excluding carboxylic acids is 1. The van der Waals surface area contributed by atoms with E-state index in [0.29, 0.717) is 11.3 Å². The summed E-state index contributed by atoms with van der Waals surface area (Å²) in [6.45, 7) is 3.93. The smallest absolute Gasteiger partial charge is 0.167 e. The minimum absolute atomic E-state index is 0.00217. The molecule has 4 nitrogen and oxygen atoms in total. The molecule has 1 aromatic heterocycles. The van der Waals surface area contributed by atoms with E-state index in [1.165, 1.54) is 0 Å². The zero-order valence-corrected chi connectivity index (χ0v) is 11.3. The zero-order chi connectivity index (χ0) is 13.5. The Kier molecular flexibility index (Phi) is 5.78. The van der Waals surface area contributed by atoms with E-state index in [1.807, 2.05) is 13.8 Å². The van der Waals surface area contributed by atoms with Crippen LogP contribution in [0.4, 0.5) is 0 Å². The second-order valence-corrected chi connectivity index (χ2v) is 4.79. The van der Waals surface area contributed by atoms with Crippen molar-refractivity contribution in [1.29, 1.82) is 0 Å². The largest absolute Gasteiger partial charge is 0.495 e. The van der Waals surface area contributed by atoms with Crippen molar-refractivity contribution in [3.05, 3.63) is 24.0 Å². The second kappa shape index (κ2) is 7.11. The topological polar surface area (TPSA) is 65.2 Å². The molecule has 0 aliphatic heterocycles. The van der Waals surface area contributed by atoms with Crippen molar-refractivity contribution in [3.8, 4) is 5.75 Å². The number of hydrogen-bond acceptors (Lipinski definition) is 4. The fourth-order valence-electron chi connectivity index (χ4n) is 1.83. The number of pyridine rings is 1. The highest BCUT2D eigenvalue weighted by atomic mass is 16.5. The summed E-state index contributed by atoms with van der Waals surface area (Å²) < 4.78 is 5.07. The standard InChI is InChI=1S/C14H22N2O2/c1-10(5-4-6-11(2)15)14(17)12-7-13(18-3)9-16-8-12/h7-11H,4-6,15H2,1-3H3. The van der Waals surface area contributed by atoms with Gasteiger partial charge in [-0.2, -0.15) is 0 Å². The van der Waals surface area contributed by atoms with E-state index >= 15 is 0 Å². The van der Waals surface area contributed by atoms with Gasteiger partial charge in [-0.15, -0.1) is 0 Å². The fraction of sp³-hybridized carbons (Fsp3) is 0.571. The van der Waals surface area contributed by atoms with Crippen LogP contribution in [-0.2, 0) is 0 Å². The molecular weight excluding hydrogens is 228 g/mol. The number of carbonyl (C=O) groups is 1. The van der Waals surface area contributed by atoms with Gasteiger partial charge >= 0.3 is 0 Å². The maximum absolute atomic E-state index is 12.2. The summed E-state index contributed by atoms with van der Waals surface area (Å²) >= 11 is 0. The molecule has 2 unspecified atom stereocenters. The number of methoxy groups -OCH3 is 1. The molecule has 0 aliphatic carbocycles. The van der Waals surface area contributed by atoms with Gasteiger partial charge in [0, 0.05) is 23.7 Å². The van der Waals surface area contributed by atoms with Gasteiger partial charge in [-0.3, -0.25) is 9.78 Å². The second-order valence-electron chi connectivity index (χ2n) is 4.79. The van der Waals surface area contributed by atoms with Crippen molar-refractivity contribution < 1.29 is 9.53 Å². The van der Waals surface area contributed by atoms with Crippen molar-refractivity contribution in [3.63, 3.8) is 0 Å². The van der Waals surface area contributed by atoms with Crippen LogP contribution in [0.3, 0.4) is 0 Å². The lowest BCUT2D eigenvalue weighted by molar-refractivity contribution is 0.0921. The molecular formula is C14H22N2O2. The fourth-order valence-corrected chi connectivity index (χ4v) is 1.83. The van der Waals surface area contributed by atoms with E-state index in [1.54, 1.807) is 25.6 Å². The number of Topliss-reactive ketones (excluding diaryl/α,β-unsaturated/α-hetero) is 1. The Hall–Kier alpha value is -1.42. The predicted octanol–water partition coefficient (Wildman–Crippen LogP) is 2.43. The molecule has 0 saturated heterocycles. The normalized spacial score (nSPS) is 14.0. The van der Waals surface area contributed by atoms with E-state index in [9.17, 15) is 4.79 Å². The van der Waals surface area contributed by atoms with E-state index in [4.69, 9.17) is 10.5 Å². The summed E-state index contributed by atoms with van der Waals surface area (Å²) in [7, 11) is 1.57. The minimum Gasteiger partial charge on any atom is -0.495 e. The molecule has 0 aliphatic rings. The molecule has 1 heterocycles. The Labute approximate surface area is 109 Å². The maximum atomic E-state index is 12.2. The number of aromatic nitrogens is 1. The van der Waals surface area contributed by atoms with Gasteiger partial charge in [0.1, 0.15) is 5.75 Å². The number of ketones is 1. The SMILES string of the molecule is COc1cncc(C(=O)C(C)CCCC(C)N)c1. The lowest BCUT2D eigenvalue weighted by Crippen LogP contribution is -2.16. The van der Waals surface area contributed by atoms with Gasteiger partial charge in [-0.05, 0) is 25.8 Å². The summed E-state index contributed by atoms with van der Waals surface area (Å²) in [5.41, 5.74) is 6.31. The van der Waals surface area contributed by atoms with Crippen molar-refractivity contribution >= 4 is 5.78 Å². The van der Waals surface area contributed by atoms with Crippen LogP contribution in [0, 0.1) is 5.92 Å². The highest BCUT2D eigenvalue weighted by Crippen LogP contribution is 2.18. The molecule has 4 heteroatoms. The molecule has 0 fully saturated rings. The molecule has 0 bridgehead atoms. The van der Waals surface area contributed by atoms with Crippen molar-refractivity contribution in [1.82, 2.24) is 4.98 Å². The number of rotatable bonds is 7. The Morgan fingerprint density at radius 1 is 1.39 bits per heavy atom. The molecule has 0 spiro atoms. The Balaban J connectivity index is 2.56. The van der Waals surface area contributed by atoms with Gasteiger partial charge in [0.2, 0.25) is 0 Å². The van der Waals surface area contributed by atoms with Gasteiger partial charge in [0.25, 0.3) is 0 Å². The van der Waals surface area contributed by atoms with Crippen LogP contribution >= 0.6 is 0 Å². The molecule has 2 N–H and O–H groups in total. The predicted molar refractivity (Wildman–Crippen MR) is 71.8 cm³/mol. The van der Waals surface area contributed by atoms with Gasteiger partial charge in [0.05, 0.1) is 13.3 Å². The molecule has 0 aromatic carbocycles. The number of ether oxygens (including phenoxy) is 1. The van der Waals surface area contributed by atoms with E-state index in [2.05, 4.69) is 4.98 Å². The van der Waals surface area contributed by atoms with Crippen LogP contribution in [0.1, 0.15) is 43.5 Å². The van der Waals surface area contributed by atoms with Crippen molar-refractivity contribution in [2.24, 2.45) is 11.7 Å². The van der Waals surface area contributed by atoms with Crippen LogP contribution in [0.5, 0.6) is 5.75 Å². The van der Waals surface area contributed by atoms with Crippen LogP contribution in [0.25, 0.3) is 0 Å². The lowest BCUT2D eigenvalue weighted by atomic mass is 9.94. The van der Waals surface area contributed by atoms with Crippen LogP contribution < -0.4 is 10.5 Å². The lowest BCUT2D eigenvalue weighted by Gasteiger charge is -2.11. The number of hydrogen-bond donors (Lipinski definition) is 1. The maximum Gasteiger partial charge on any atom is 0.167 e. The van der Waals surface area contributed by atoms with Crippen LogP contribution in [0.2, 0.25) is 0 Å². The third-order valence-corrected chi connectivity index (χ3v) is 2.98. The summed E-state index contributed by atoms with van der Waals surface area (Å²) in [5.74, 6) is 0.729. The summed E-state index contributed by atoms with van der Waals surface area (Å²) in [5, 5.41) is 0. The molecule has 0 radical (unpaired) electrons. The third-order valence-electron chi connectivity index (χ3n) is 2.98. The monoisotopic (exact) mass is 250 g/mol. The Bertz CT molecular complexity index is 391. The van der Waals surface area contributed by atoms with Crippen LogP contribution in [0.15, 0.2) is 18.5 Å². The minimum atomic E-state index is -0.00217. The quantitative estimate of drug-likeness (QED) is 0.755. The molecule has 1 rings (SSSR count). The molecule has 2 atom stereocenters. The molecule has 18 heavy (non-hydrogen) atoms. The summed E-state index contributed by atoms with van der Waals surface area (Å²) in [6, 6.07) is 1.93. The zero-order valence-electron chi connectivity index (χ0n) is 11.3.